The van der Waals surface area contributed by atoms with E-state index in [2.05, 4.69) is 29.0 Å². The number of hydrogen-bond donors (Lipinski definition) is 0. The van der Waals surface area contributed by atoms with Crippen molar-refractivity contribution in [3.05, 3.63) is 10.4 Å². The molecule has 0 atom stereocenters. The number of aromatic nitrogens is 3. The highest BCUT2D eigenvalue weighted by Gasteiger charge is 2.28. The Morgan fingerprint density at radius 2 is 1.82 bits per heavy atom. The van der Waals surface area contributed by atoms with Crippen LogP contribution in [0, 0.1) is 5.41 Å². The Bertz CT molecular complexity index is 402. The van der Waals surface area contributed by atoms with Gasteiger partial charge in [0.15, 0.2) is 0 Å². The maximum Gasteiger partial charge on any atom is 0.257 e. The third kappa shape index (κ3) is 3.42. The highest BCUT2D eigenvalue weighted by Crippen LogP contribution is 2.36. The summed E-state index contributed by atoms with van der Waals surface area (Å²) in [6, 6.07) is 0. The molecule has 2 rings (SSSR count). The summed E-state index contributed by atoms with van der Waals surface area (Å²) >= 11 is 11.5. The lowest BCUT2D eigenvalue weighted by Gasteiger charge is -2.34. The molecule has 0 radical (unpaired) electrons. The van der Waals surface area contributed by atoms with Gasteiger partial charge in [0.2, 0.25) is 10.4 Å². The van der Waals surface area contributed by atoms with Crippen molar-refractivity contribution >= 4 is 23.2 Å². The molecule has 1 aromatic heterocycles. The molecule has 1 fully saturated rings. The second-order valence-corrected chi connectivity index (χ2v) is 5.85. The zero-order valence-electron chi connectivity index (χ0n) is 9.91. The van der Waals surface area contributed by atoms with Crippen LogP contribution in [0.1, 0.15) is 39.5 Å². The second kappa shape index (κ2) is 4.94. The molecule has 17 heavy (non-hydrogen) atoms. The first-order valence-corrected chi connectivity index (χ1v) is 6.44. The molecule has 0 saturated heterocycles. The Labute approximate surface area is 111 Å². The van der Waals surface area contributed by atoms with Crippen molar-refractivity contribution in [1.29, 1.82) is 0 Å². The molecule has 1 heterocycles. The first-order chi connectivity index (χ1) is 7.96. The van der Waals surface area contributed by atoms with E-state index in [1.165, 1.54) is 0 Å². The first kappa shape index (κ1) is 12.8. The van der Waals surface area contributed by atoms with Gasteiger partial charge in [-0.2, -0.15) is 4.98 Å². The van der Waals surface area contributed by atoms with E-state index in [0.717, 1.165) is 25.7 Å². The molecule has 0 aromatic carbocycles. The number of ether oxygens (including phenoxy) is 1. The molecule has 4 nitrogen and oxygen atoms in total. The van der Waals surface area contributed by atoms with Gasteiger partial charge in [-0.3, -0.25) is 0 Å². The normalized spacial score (nSPS) is 20.2. The Morgan fingerprint density at radius 1 is 1.18 bits per heavy atom. The molecular weight excluding hydrogens is 261 g/mol. The Balaban J connectivity index is 2.00. The minimum atomic E-state index is 0.0561. The fraction of sp³-hybridized carbons (Fsp3) is 0.727. The van der Waals surface area contributed by atoms with E-state index < -0.39 is 0 Å². The summed E-state index contributed by atoms with van der Waals surface area (Å²) in [5.41, 5.74) is 0.408. The lowest BCUT2D eigenvalue weighted by Crippen LogP contribution is -2.28. The van der Waals surface area contributed by atoms with Crippen molar-refractivity contribution in [2.75, 3.05) is 0 Å². The Hall–Kier alpha value is -0.610. The summed E-state index contributed by atoms with van der Waals surface area (Å²) in [5.74, 6) is 0.288. The van der Waals surface area contributed by atoms with Crippen molar-refractivity contribution in [2.45, 2.75) is 45.6 Å². The van der Waals surface area contributed by atoms with Crippen LogP contribution in [-0.4, -0.2) is 21.3 Å². The quantitative estimate of drug-likeness (QED) is 0.829. The first-order valence-electron chi connectivity index (χ1n) is 5.69. The average Bonchev–Trinajstić information content (AvgIpc) is 2.26. The van der Waals surface area contributed by atoms with Gasteiger partial charge in [-0.25, -0.2) is 0 Å². The van der Waals surface area contributed by atoms with Crippen molar-refractivity contribution in [1.82, 2.24) is 15.2 Å². The zero-order valence-corrected chi connectivity index (χ0v) is 11.4. The number of halogens is 2. The Morgan fingerprint density at radius 3 is 2.47 bits per heavy atom. The summed E-state index contributed by atoms with van der Waals surface area (Å²) < 4.78 is 5.73. The van der Waals surface area contributed by atoms with E-state index in [4.69, 9.17) is 27.9 Å². The van der Waals surface area contributed by atoms with Crippen LogP contribution in [0.15, 0.2) is 0 Å². The summed E-state index contributed by atoms with van der Waals surface area (Å²) in [5, 5.41) is 7.44. The van der Waals surface area contributed by atoms with Crippen LogP contribution >= 0.6 is 23.2 Å². The van der Waals surface area contributed by atoms with E-state index in [1.54, 1.807) is 0 Å². The van der Waals surface area contributed by atoms with Gasteiger partial charge in [0.1, 0.15) is 6.10 Å². The third-order valence-electron chi connectivity index (χ3n) is 3.16. The molecule has 1 aliphatic carbocycles. The molecule has 0 spiro atoms. The molecule has 6 heteroatoms. The standard InChI is InChI=1S/C11H15Cl2N3O/c1-11(2)5-3-7(4-6-11)17-9-8(12)15-16-10(13)14-9/h7H,3-6H2,1-2H3. The van der Waals surface area contributed by atoms with Crippen LogP contribution in [0.25, 0.3) is 0 Å². The van der Waals surface area contributed by atoms with E-state index in [9.17, 15) is 0 Å². The summed E-state index contributed by atoms with van der Waals surface area (Å²) in [4.78, 5) is 3.94. The molecule has 0 amide bonds. The summed E-state index contributed by atoms with van der Waals surface area (Å²) in [6.07, 6.45) is 4.44. The van der Waals surface area contributed by atoms with Crippen molar-refractivity contribution in [3.8, 4) is 5.88 Å². The molecule has 0 N–H and O–H groups in total. The van der Waals surface area contributed by atoms with E-state index in [0.29, 0.717) is 5.41 Å². The van der Waals surface area contributed by atoms with Gasteiger partial charge < -0.3 is 4.74 Å². The molecule has 0 bridgehead atoms. The topological polar surface area (TPSA) is 47.9 Å². The van der Waals surface area contributed by atoms with Gasteiger partial charge >= 0.3 is 0 Å². The highest BCUT2D eigenvalue weighted by molar-refractivity contribution is 6.31. The predicted octanol–water partition coefficient (Wildman–Crippen LogP) is 3.53. The van der Waals surface area contributed by atoms with Crippen LogP contribution in [0.5, 0.6) is 5.88 Å². The van der Waals surface area contributed by atoms with Crippen LogP contribution in [-0.2, 0) is 0 Å². The van der Waals surface area contributed by atoms with Crippen LogP contribution < -0.4 is 4.74 Å². The Kier molecular flexibility index (Phi) is 3.73. The van der Waals surface area contributed by atoms with Crippen LogP contribution in [0.2, 0.25) is 10.4 Å². The minimum Gasteiger partial charge on any atom is -0.472 e. The van der Waals surface area contributed by atoms with Crippen molar-refractivity contribution < 1.29 is 4.74 Å². The molecule has 94 valence electrons. The fourth-order valence-corrected chi connectivity index (χ4v) is 2.24. The van der Waals surface area contributed by atoms with Gasteiger partial charge in [-0.05, 0) is 42.7 Å². The number of hydrogen-bond acceptors (Lipinski definition) is 4. The van der Waals surface area contributed by atoms with Gasteiger partial charge in [0, 0.05) is 0 Å². The maximum absolute atomic E-state index is 5.85. The maximum atomic E-state index is 5.85. The molecular formula is C11H15Cl2N3O. The summed E-state index contributed by atoms with van der Waals surface area (Å²) in [7, 11) is 0. The van der Waals surface area contributed by atoms with E-state index in [-0.39, 0.29) is 22.4 Å². The largest absolute Gasteiger partial charge is 0.472 e. The molecule has 0 aliphatic heterocycles. The zero-order chi connectivity index (χ0) is 12.5. The minimum absolute atomic E-state index is 0.0561. The smallest absolute Gasteiger partial charge is 0.257 e. The molecule has 1 aromatic rings. The average molecular weight is 276 g/mol. The van der Waals surface area contributed by atoms with Crippen LogP contribution in [0.3, 0.4) is 0 Å². The van der Waals surface area contributed by atoms with Gasteiger partial charge in [0.25, 0.3) is 5.88 Å². The van der Waals surface area contributed by atoms with Gasteiger partial charge in [-0.15, -0.1) is 10.2 Å². The van der Waals surface area contributed by atoms with Gasteiger partial charge in [-0.1, -0.05) is 25.4 Å². The second-order valence-electron chi connectivity index (χ2n) is 5.16. The van der Waals surface area contributed by atoms with Gasteiger partial charge in [0.05, 0.1) is 0 Å². The highest BCUT2D eigenvalue weighted by atomic mass is 35.5. The monoisotopic (exact) mass is 275 g/mol. The predicted molar refractivity (Wildman–Crippen MR) is 66.5 cm³/mol. The molecule has 1 aliphatic rings. The summed E-state index contributed by atoms with van der Waals surface area (Å²) in [6.45, 7) is 4.55. The lowest BCUT2D eigenvalue weighted by molar-refractivity contribution is 0.0944. The third-order valence-corrected chi connectivity index (χ3v) is 3.55. The number of nitrogens with zero attached hydrogens (tertiary/aromatic N) is 3. The molecule has 1 saturated carbocycles. The van der Waals surface area contributed by atoms with E-state index >= 15 is 0 Å². The van der Waals surface area contributed by atoms with Crippen molar-refractivity contribution in [2.24, 2.45) is 5.41 Å². The lowest BCUT2D eigenvalue weighted by atomic mass is 9.76. The van der Waals surface area contributed by atoms with Crippen LogP contribution in [0.4, 0.5) is 0 Å². The van der Waals surface area contributed by atoms with E-state index in [1.807, 2.05) is 0 Å². The number of rotatable bonds is 2. The molecule has 0 unspecified atom stereocenters. The SMILES string of the molecule is CC1(C)CCC(Oc2nc(Cl)nnc2Cl)CC1. The fourth-order valence-electron chi connectivity index (χ4n) is 2.00. The van der Waals surface area contributed by atoms with Crippen molar-refractivity contribution in [3.63, 3.8) is 0 Å².